The second-order valence-corrected chi connectivity index (χ2v) is 7.34. The van der Waals surface area contributed by atoms with E-state index in [9.17, 15) is 4.79 Å². The normalized spacial score (nSPS) is 23.2. The minimum Gasteiger partial charge on any atom is -0.371 e. The highest BCUT2D eigenvalue weighted by Crippen LogP contribution is 2.47. The number of carbonyl (C=O) groups excluding carboxylic acids is 1. The van der Waals surface area contributed by atoms with Gasteiger partial charge in [-0.05, 0) is 48.9 Å². The quantitative estimate of drug-likeness (QED) is 0.927. The highest BCUT2D eigenvalue weighted by molar-refractivity contribution is 5.95. The maximum atomic E-state index is 12.6. The second kappa shape index (κ2) is 6.90. The van der Waals surface area contributed by atoms with Gasteiger partial charge >= 0.3 is 0 Å². The van der Waals surface area contributed by atoms with Crippen molar-refractivity contribution in [3.8, 4) is 0 Å². The zero-order chi connectivity index (χ0) is 17.2. The predicted molar refractivity (Wildman–Crippen MR) is 99.8 cm³/mol. The molecular formula is C20H26N4O. The summed E-state index contributed by atoms with van der Waals surface area (Å²) in [5.41, 5.74) is 3.30. The third kappa shape index (κ3) is 3.70. The van der Waals surface area contributed by atoms with Gasteiger partial charge < -0.3 is 10.2 Å². The van der Waals surface area contributed by atoms with E-state index in [1.54, 1.807) is 4.68 Å². The van der Waals surface area contributed by atoms with E-state index < -0.39 is 0 Å². The summed E-state index contributed by atoms with van der Waals surface area (Å²) in [6, 6.07) is 8.29. The summed E-state index contributed by atoms with van der Waals surface area (Å²) >= 11 is 0. The highest BCUT2D eigenvalue weighted by Gasteiger charge is 2.44. The van der Waals surface area contributed by atoms with Crippen LogP contribution in [0.3, 0.4) is 0 Å². The van der Waals surface area contributed by atoms with Crippen LogP contribution >= 0.6 is 0 Å². The van der Waals surface area contributed by atoms with E-state index >= 15 is 0 Å². The van der Waals surface area contributed by atoms with E-state index in [2.05, 4.69) is 27.4 Å². The Kier molecular flexibility index (Phi) is 4.47. The van der Waals surface area contributed by atoms with Crippen LogP contribution in [0.2, 0.25) is 0 Å². The first kappa shape index (κ1) is 16.2. The molecule has 0 radical (unpaired) electrons. The number of nitrogens with one attached hydrogen (secondary N) is 1. The van der Waals surface area contributed by atoms with E-state index in [0.29, 0.717) is 5.92 Å². The lowest BCUT2D eigenvalue weighted by Crippen LogP contribution is -2.24. The summed E-state index contributed by atoms with van der Waals surface area (Å²) in [5, 5.41) is 7.32. The summed E-state index contributed by atoms with van der Waals surface area (Å²) in [6.07, 6.45) is 9.96. The molecule has 0 spiro atoms. The molecule has 5 heteroatoms. The van der Waals surface area contributed by atoms with Crippen LogP contribution in [0.25, 0.3) is 0 Å². The van der Waals surface area contributed by atoms with Crippen molar-refractivity contribution in [3.63, 3.8) is 0 Å². The molecule has 1 aromatic heterocycles. The van der Waals surface area contributed by atoms with Gasteiger partial charge in [-0.2, -0.15) is 5.10 Å². The molecule has 5 nitrogen and oxygen atoms in total. The molecule has 1 saturated heterocycles. The van der Waals surface area contributed by atoms with Crippen molar-refractivity contribution < 1.29 is 4.79 Å². The van der Waals surface area contributed by atoms with Gasteiger partial charge in [0, 0.05) is 43.6 Å². The van der Waals surface area contributed by atoms with Gasteiger partial charge in [-0.25, -0.2) is 0 Å². The first-order valence-corrected chi connectivity index (χ1v) is 9.35. The number of hydrogen-bond acceptors (Lipinski definition) is 3. The van der Waals surface area contributed by atoms with Crippen LogP contribution in [0, 0.1) is 5.92 Å². The Labute approximate surface area is 149 Å². The van der Waals surface area contributed by atoms with Crippen LogP contribution in [-0.2, 0) is 11.8 Å². The smallest absolute Gasteiger partial charge is 0.228 e. The fourth-order valence-corrected chi connectivity index (χ4v) is 3.83. The molecule has 2 aromatic rings. The van der Waals surface area contributed by atoms with Crippen molar-refractivity contribution in [2.75, 3.05) is 23.3 Å². The van der Waals surface area contributed by atoms with Gasteiger partial charge in [0.05, 0.1) is 6.20 Å². The minimum absolute atomic E-state index is 0.0750. The summed E-state index contributed by atoms with van der Waals surface area (Å²) in [4.78, 5) is 15.0. The Balaban J connectivity index is 1.39. The number of amides is 1. The molecule has 1 N–H and O–H groups in total. The third-order valence-electron chi connectivity index (χ3n) is 5.37. The van der Waals surface area contributed by atoms with E-state index in [4.69, 9.17) is 0 Å². The van der Waals surface area contributed by atoms with Crippen LogP contribution in [0.1, 0.15) is 43.6 Å². The summed E-state index contributed by atoms with van der Waals surface area (Å²) in [6.45, 7) is 2.23. The number of anilines is 2. The average molecular weight is 338 g/mol. The first-order chi connectivity index (χ1) is 12.2. The lowest BCUT2D eigenvalue weighted by Gasteiger charge is -2.23. The van der Waals surface area contributed by atoms with E-state index in [-0.39, 0.29) is 11.8 Å². The second-order valence-electron chi connectivity index (χ2n) is 7.34. The number of rotatable bonds is 4. The molecular weight excluding hydrogens is 312 g/mol. The topological polar surface area (TPSA) is 50.2 Å². The maximum absolute atomic E-state index is 12.6. The highest BCUT2D eigenvalue weighted by atomic mass is 16.2. The molecule has 2 heterocycles. The molecule has 25 heavy (non-hydrogen) atoms. The van der Waals surface area contributed by atoms with Gasteiger partial charge in [0.25, 0.3) is 0 Å². The Bertz CT molecular complexity index is 746. The van der Waals surface area contributed by atoms with Gasteiger partial charge in [0.15, 0.2) is 0 Å². The number of hydrogen-bond donors (Lipinski definition) is 1. The van der Waals surface area contributed by atoms with Gasteiger partial charge in [-0.1, -0.05) is 18.9 Å². The van der Waals surface area contributed by atoms with Crippen molar-refractivity contribution in [2.24, 2.45) is 13.0 Å². The first-order valence-electron chi connectivity index (χ1n) is 9.35. The minimum atomic E-state index is 0.0750. The fraction of sp³-hybridized carbons (Fsp3) is 0.500. The Morgan fingerprint density at radius 1 is 1.20 bits per heavy atom. The predicted octanol–water partition coefficient (Wildman–Crippen LogP) is 3.54. The Hall–Kier alpha value is -2.30. The molecule has 1 aliphatic carbocycles. The number of aromatic nitrogens is 2. The van der Waals surface area contributed by atoms with E-state index in [1.165, 1.54) is 36.9 Å². The number of nitrogens with zero attached hydrogens (tertiary/aromatic N) is 3. The van der Waals surface area contributed by atoms with Crippen LogP contribution in [0.15, 0.2) is 36.7 Å². The summed E-state index contributed by atoms with van der Waals surface area (Å²) in [5.74, 6) is 0.524. The number of carbonyl (C=O) groups is 1. The van der Waals surface area contributed by atoms with Crippen LogP contribution in [-0.4, -0.2) is 28.8 Å². The standard InChI is InChI=1S/C20H26N4O/c1-23-14-15(13-21-23)18-12-19(18)20(25)22-16-7-6-8-17(11-16)24-9-4-2-3-5-10-24/h6-8,11,13-14,18-19H,2-5,9-10,12H2,1H3,(H,22,25)/t18-,19+/m0/s1. The zero-order valence-corrected chi connectivity index (χ0v) is 14.8. The zero-order valence-electron chi connectivity index (χ0n) is 14.8. The lowest BCUT2D eigenvalue weighted by molar-refractivity contribution is -0.117. The van der Waals surface area contributed by atoms with E-state index in [0.717, 1.165) is 25.2 Å². The molecule has 1 saturated carbocycles. The summed E-state index contributed by atoms with van der Waals surface area (Å²) in [7, 11) is 1.91. The SMILES string of the molecule is Cn1cc([C@@H]2C[C@H]2C(=O)Nc2cccc(N3CCCCCC3)c2)cn1. The molecule has 1 aliphatic heterocycles. The maximum Gasteiger partial charge on any atom is 0.228 e. The molecule has 4 rings (SSSR count). The molecule has 2 fully saturated rings. The van der Waals surface area contributed by atoms with Crippen LogP contribution in [0.5, 0.6) is 0 Å². The van der Waals surface area contributed by atoms with Gasteiger partial charge in [-0.3, -0.25) is 9.48 Å². The fourth-order valence-electron chi connectivity index (χ4n) is 3.83. The van der Waals surface area contributed by atoms with Gasteiger partial charge in [-0.15, -0.1) is 0 Å². The van der Waals surface area contributed by atoms with Gasteiger partial charge in [0.1, 0.15) is 0 Å². The largest absolute Gasteiger partial charge is 0.371 e. The van der Waals surface area contributed by atoms with Crippen molar-refractivity contribution >= 4 is 17.3 Å². The molecule has 0 bridgehead atoms. The van der Waals surface area contributed by atoms with Crippen molar-refractivity contribution in [3.05, 3.63) is 42.2 Å². The summed E-state index contributed by atoms with van der Waals surface area (Å²) < 4.78 is 1.80. The molecule has 1 amide bonds. The molecule has 1 aromatic carbocycles. The van der Waals surface area contributed by atoms with Crippen molar-refractivity contribution in [2.45, 2.75) is 38.0 Å². The van der Waals surface area contributed by atoms with Gasteiger partial charge in [0.2, 0.25) is 5.91 Å². The lowest BCUT2D eigenvalue weighted by atomic mass is 10.2. The number of benzene rings is 1. The Morgan fingerprint density at radius 2 is 2.00 bits per heavy atom. The average Bonchev–Trinajstić information content (AvgIpc) is 3.36. The molecule has 2 atom stereocenters. The van der Waals surface area contributed by atoms with Crippen molar-refractivity contribution in [1.29, 1.82) is 0 Å². The van der Waals surface area contributed by atoms with Crippen molar-refractivity contribution in [1.82, 2.24) is 9.78 Å². The van der Waals surface area contributed by atoms with Crippen LogP contribution < -0.4 is 10.2 Å². The Morgan fingerprint density at radius 3 is 2.72 bits per heavy atom. The van der Waals surface area contributed by atoms with E-state index in [1.807, 2.05) is 31.6 Å². The third-order valence-corrected chi connectivity index (χ3v) is 5.37. The monoisotopic (exact) mass is 338 g/mol. The van der Waals surface area contributed by atoms with Crippen LogP contribution in [0.4, 0.5) is 11.4 Å². The molecule has 0 unspecified atom stereocenters. The molecule has 2 aliphatic rings. The molecule has 132 valence electrons. The number of aryl methyl sites for hydroxylation is 1.